The van der Waals surface area contributed by atoms with Gasteiger partial charge in [0.15, 0.2) is 11.5 Å². The normalized spacial score (nSPS) is 20.1. The Balaban J connectivity index is 1.09. The van der Waals surface area contributed by atoms with Crippen molar-refractivity contribution in [2.75, 3.05) is 39.5 Å². The summed E-state index contributed by atoms with van der Waals surface area (Å²) in [6.45, 7) is 3.84. The van der Waals surface area contributed by atoms with Gasteiger partial charge in [-0.25, -0.2) is 4.79 Å². The van der Waals surface area contributed by atoms with E-state index in [1.807, 2.05) is 18.2 Å². The van der Waals surface area contributed by atoms with Gasteiger partial charge in [0, 0.05) is 32.7 Å². The van der Waals surface area contributed by atoms with Gasteiger partial charge in [-0.2, -0.15) is 0 Å². The number of carbonyl (C=O) groups is 3. The lowest BCUT2D eigenvalue weighted by molar-refractivity contribution is -0.137. The van der Waals surface area contributed by atoms with Crippen molar-refractivity contribution >= 4 is 23.9 Å². The van der Waals surface area contributed by atoms with Crippen LogP contribution in [-0.2, 0) is 16.1 Å². The summed E-state index contributed by atoms with van der Waals surface area (Å²) in [7, 11) is 0. The molecule has 1 atom stereocenters. The number of urea groups is 1. The van der Waals surface area contributed by atoms with Gasteiger partial charge in [0.1, 0.15) is 6.04 Å². The first-order valence-corrected chi connectivity index (χ1v) is 11.8. The third-order valence-corrected chi connectivity index (χ3v) is 6.46. The average Bonchev–Trinajstić information content (AvgIpc) is 3.45. The van der Waals surface area contributed by atoms with Crippen LogP contribution in [0.4, 0.5) is 4.79 Å². The quantitative estimate of drug-likeness (QED) is 0.616. The molecule has 9 nitrogen and oxygen atoms in total. The van der Waals surface area contributed by atoms with Crippen LogP contribution in [0.3, 0.4) is 0 Å². The number of benzene rings is 2. The molecule has 2 fully saturated rings. The maximum Gasteiger partial charge on any atom is 0.325 e. The molecule has 0 spiro atoms. The van der Waals surface area contributed by atoms with E-state index < -0.39 is 12.1 Å². The molecule has 0 bridgehead atoms. The highest BCUT2D eigenvalue weighted by atomic mass is 16.7. The van der Waals surface area contributed by atoms with Gasteiger partial charge in [0.05, 0.1) is 13.0 Å². The van der Waals surface area contributed by atoms with Gasteiger partial charge in [-0.05, 0) is 23.3 Å². The van der Waals surface area contributed by atoms with Gasteiger partial charge >= 0.3 is 6.03 Å². The number of fused-ring (bicyclic) bond motifs is 1. The number of piperazine rings is 1. The lowest BCUT2D eigenvalue weighted by Gasteiger charge is -2.34. The summed E-state index contributed by atoms with van der Waals surface area (Å²) in [6, 6.07) is 14.1. The Morgan fingerprint density at radius 2 is 1.77 bits per heavy atom. The van der Waals surface area contributed by atoms with Gasteiger partial charge in [0.2, 0.25) is 12.7 Å². The summed E-state index contributed by atoms with van der Waals surface area (Å²) in [5.41, 5.74) is 1.92. The molecular weight excluding hydrogens is 448 g/mol. The molecule has 3 aliphatic rings. The topological polar surface area (TPSA) is 91.4 Å². The fourth-order valence-electron chi connectivity index (χ4n) is 4.47. The van der Waals surface area contributed by atoms with E-state index in [-0.39, 0.29) is 31.6 Å². The average molecular weight is 477 g/mol. The molecule has 1 unspecified atom stereocenters. The minimum atomic E-state index is -0.837. The van der Waals surface area contributed by atoms with Crippen LogP contribution in [0.2, 0.25) is 0 Å². The zero-order valence-electron chi connectivity index (χ0n) is 19.4. The maximum absolute atomic E-state index is 12.9. The van der Waals surface area contributed by atoms with Gasteiger partial charge in [-0.15, -0.1) is 0 Å². The first-order chi connectivity index (χ1) is 17.1. The number of nitrogens with zero attached hydrogens (tertiary/aromatic N) is 3. The molecule has 9 heteroatoms. The van der Waals surface area contributed by atoms with Crippen molar-refractivity contribution in [1.82, 2.24) is 20.0 Å². The first-order valence-electron chi connectivity index (χ1n) is 11.8. The zero-order chi connectivity index (χ0) is 24.2. The second kappa shape index (κ2) is 10.2. The molecule has 3 aliphatic heterocycles. The van der Waals surface area contributed by atoms with E-state index in [0.29, 0.717) is 24.6 Å². The van der Waals surface area contributed by atoms with E-state index in [2.05, 4.69) is 34.5 Å². The number of nitrogens with one attached hydrogen (secondary N) is 1. The Labute approximate surface area is 203 Å². The zero-order valence-corrected chi connectivity index (χ0v) is 19.4. The van der Waals surface area contributed by atoms with E-state index in [1.165, 1.54) is 0 Å². The second-order valence-corrected chi connectivity index (χ2v) is 8.81. The molecule has 1 N–H and O–H groups in total. The fraction of sp³-hybridized carbons (Fsp3) is 0.346. The Hall–Kier alpha value is -3.85. The van der Waals surface area contributed by atoms with Crippen LogP contribution in [0.5, 0.6) is 11.5 Å². The molecule has 0 radical (unpaired) electrons. The van der Waals surface area contributed by atoms with Crippen LogP contribution >= 0.6 is 0 Å². The molecule has 35 heavy (non-hydrogen) atoms. The number of amides is 4. The highest BCUT2D eigenvalue weighted by Crippen LogP contribution is 2.33. The SMILES string of the molecule is O=C(CC1NC(=O)N(Cc2ccc3c(c2)OCO3)C1=O)N1CCN(CC=Cc2ccccc2)CC1. The third kappa shape index (κ3) is 5.30. The molecule has 0 aliphatic carbocycles. The number of hydrogen-bond acceptors (Lipinski definition) is 6. The molecule has 0 aromatic heterocycles. The van der Waals surface area contributed by atoms with Gasteiger partial charge in [-0.3, -0.25) is 19.4 Å². The van der Waals surface area contributed by atoms with Gasteiger partial charge in [-0.1, -0.05) is 48.6 Å². The van der Waals surface area contributed by atoms with Crippen LogP contribution < -0.4 is 14.8 Å². The molecule has 3 heterocycles. The van der Waals surface area contributed by atoms with Gasteiger partial charge < -0.3 is 19.7 Å². The molecule has 4 amide bonds. The lowest BCUT2D eigenvalue weighted by Crippen LogP contribution is -2.50. The van der Waals surface area contributed by atoms with E-state index in [0.717, 1.165) is 35.7 Å². The Kier molecular flexibility index (Phi) is 6.67. The standard InChI is InChI=1S/C26H28N4O5/c31-24(29-13-11-28(12-14-29)10-4-7-19-5-2-1-3-6-19)16-21-25(32)30(26(33)27-21)17-20-8-9-22-23(15-20)35-18-34-22/h1-9,15,21H,10-14,16-18H2,(H,27,33). The summed E-state index contributed by atoms with van der Waals surface area (Å²) >= 11 is 0. The first kappa shape index (κ1) is 22.9. The second-order valence-electron chi connectivity index (χ2n) is 8.81. The van der Waals surface area contributed by atoms with Crippen LogP contribution in [0, 0.1) is 0 Å². The molecule has 2 aromatic carbocycles. The molecular formula is C26H28N4O5. The van der Waals surface area contributed by atoms with Crippen LogP contribution in [0.15, 0.2) is 54.6 Å². The van der Waals surface area contributed by atoms with E-state index in [4.69, 9.17) is 9.47 Å². The highest BCUT2D eigenvalue weighted by molar-refractivity contribution is 6.05. The number of imide groups is 1. The Morgan fingerprint density at radius 3 is 2.57 bits per heavy atom. The van der Waals surface area contributed by atoms with Crippen LogP contribution in [-0.4, -0.2) is 78.1 Å². The number of rotatable bonds is 7. The van der Waals surface area contributed by atoms with E-state index >= 15 is 0 Å². The summed E-state index contributed by atoms with van der Waals surface area (Å²) in [4.78, 5) is 43.4. The predicted octanol–water partition coefficient (Wildman–Crippen LogP) is 2.08. The summed E-state index contributed by atoms with van der Waals surface area (Å²) in [6.07, 6.45) is 4.20. The number of hydrogen-bond donors (Lipinski definition) is 1. The summed E-state index contributed by atoms with van der Waals surface area (Å²) < 4.78 is 10.7. The predicted molar refractivity (Wildman–Crippen MR) is 129 cm³/mol. The minimum Gasteiger partial charge on any atom is -0.454 e. The number of ether oxygens (including phenoxy) is 2. The Morgan fingerprint density at radius 1 is 1.00 bits per heavy atom. The Bertz CT molecular complexity index is 1130. The summed E-state index contributed by atoms with van der Waals surface area (Å²) in [5.74, 6) is 0.733. The smallest absolute Gasteiger partial charge is 0.325 e. The van der Waals surface area contributed by atoms with Crippen molar-refractivity contribution in [1.29, 1.82) is 0 Å². The lowest BCUT2D eigenvalue weighted by atomic mass is 10.1. The van der Waals surface area contributed by atoms with Crippen molar-refractivity contribution < 1.29 is 23.9 Å². The molecule has 182 valence electrons. The van der Waals surface area contributed by atoms with Crippen molar-refractivity contribution in [3.8, 4) is 11.5 Å². The van der Waals surface area contributed by atoms with E-state index in [1.54, 1.807) is 23.1 Å². The maximum atomic E-state index is 12.9. The monoisotopic (exact) mass is 476 g/mol. The van der Waals surface area contributed by atoms with Crippen LogP contribution in [0.25, 0.3) is 6.08 Å². The van der Waals surface area contributed by atoms with Crippen molar-refractivity contribution in [3.05, 3.63) is 65.7 Å². The number of carbonyl (C=O) groups excluding carboxylic acids is 3. The molecule has 5 rings (SSSR count). The largest absolute Gasteiger partial charge is 0.454 e. The van der Waals surface area contributed by atoms with Crippen molar-refractivity contribution in [2.24, 2.45) is 0 Å². The molecule has 2 saturated heterocycles. The molecule has 2 aromatic rings. The van der Waals surface area contributed by atoms with Crippen molar-refractivity contribution in [3.63, 3.8) is 0 Å². The van der Waals surface area contributed by atoms with E-state index in [9.17, 15) is 14.4 Å². The minimum absolute atomic E-state index is 0.0316. The van der Waals surface area contributed by atoms with Crippen molar-refractivity contribution in [2.45, 2.75) is 19.0 Å². The van der Waals surface area contributed by atoms with Crippen LogP contribution in [0.1, 0.15) is 17.5 Å². The third-order valence-electron chi connectivity index (χ3n) is 6.46. The highest BCUT2D eigenvalue weighted by Gasteiger charge is 2.40. The fourth-order valence-corrected chi connectivity index (χ4v) is 4.47. The molecule has 0 saturated carbocycles. The summed E-state index contributed by atoms with van der Waals surface area (Å²) in [5, 5.41) is 2.66. The van der Waals surface area contributed by atoms with Gasteiger partial charge in [0.25, 0.3) is 5.91 Å².